The molecule has 27 heavy (non-hydrogen) atoms. The molecule has 2 bridgehead atoms. The summed E-state index contributed by atoms with van der Waals surface area (Å²) in [6, 6.07) is 6.68. The van der Waals surface area contributed by atoms with Crippen molar-refractivity contribution in [2.24, 2.45) is 0 Å². The van der Waals surface area contributed by atoms with Crippen LogP contribution >= 0.6 is 12.4 Å². The molecule has 1 aromatic heterocycles. The molecule has 1 N–H and O–H groups in total. The summed E-state index contributed by atoms with van der Waals surface area (Å²) in [6.07, 6.45) is 3.02. The van der Waals surface area contributed by atoms with E-state index in [1.54, 1.807) is 16.8 Å². The van der Waals surface area contributed by atoms with Gasteiger partial charge in [0.2, 0.25) is 5.82 Å². The van der Waals surface area contributed by atoms with Crippen LogP contribution in [-0.4, -0.2) is 50.7 Å². The maximum Gasteiger partial charge on any atom is 0.294 e. The molecule has 0 saturated carbocycles. The first-order chi connectivity index (χ1) is 12.5. The van der Waals surface area contributed by atoms with Crippen LogP contribution in [-0.2, 0) is 0 Å². The maximum atomic E-state index is 13.7. The van der Waals surface area contributed by atoms with E-state index < -0.39 is 0 Å². The number of carbonyl (C=O) groups is 1. The second-order valence-electron chi connectivity index (χ2n) is 7.43. The molecule has 2 unspecified atom stereocenters. The highest BCUT2D eigenvalue weighted by atomic mass is 35.5. The van der Waals surface area contributed by atoms with Gasteiger partial charge in [0.1, 0.15) is 11.6 Å². The normalized spacial score (nSPS) is 21.9. The highest BCUT2D eigenvalue weighted by Crippen LogP contribution is 2.29. The van der Waals surface area contributed by atoms with Gasteiger partial charge in [-0.2, -0.15) is 0 Å². The van der Waals surface area contributed by atoms with Crippen molar-refractivity contribution >= 4 is 18.3 Å². The Morgan fingerprint density at radius 1 is 1.26 bits per heavy atom. The number of halogens is 2. The lowest BCUT2D eigenvalue weighted by atomic mass is 10.1. The van der Waals surface area contributed by atoms with Gasteiger partial charge in [0.05, 0.1) is 5.69 Å². The summed E-state index contributed by atoms with van der Waals surface area (Å²) in [5.41, 5.74) is 0.584. The van der Waals surface area contributed by atoms with E-state index in [4.69, 9.17) is 0 Å². The number of hydrogen-bond acceptors (Lipinski definition) is 4. The molecule has 2 aliphatic heterocycles. The predicted octanol–water partition coefficient (Wildman–Crippen LogP) is 2.92. The summed E-state index contributed by atoms with van der Waals surface area (Å²) >= 11 is 0. The van der Waals surface area contributed by atoms with Crippen molar-refractivity contribution in [3.05, 3.63) is 41.7 Å². The smallest absolute Gasteiger partial charge is 0.294 e. The zero-order valence-corrected chi connectivity index (χ0v) is 16.4. The van der Waals surface area contributed by atoms with Crippen LogP contribution in [0.1, 0.15) is 55.5 Å². The van der Waals surface area contributed by atoms with E-state index >= 15 is 0 Å². The van der Waals surface area contributed by atoms with Crippen LogP contribution < -0.4 is 5.32 Å². The van der Waals surface area contributed by atoms with E-state index in [2.05, 4.69) is 15.4 Å². The van der Waals surface area contributed by atoms with Crippen molar-refractivity contribution in [2.45, 2.75) is 51.1 Å². The Morgan fingerprint density at radius 2 is 2.04 bits per heavy atom. The van der Waals surface area contributed by atoms with Crippen molar-refractivity contribution in [1.29, 1.82) is 0 Å². The molecule has 3 heterocycles. The van der Waals surface area contributed by atoms with Gasteiger partial charge in [-0.3, -0.25) is 4.79 Å². The van der Waals surface area contributed by atoms with Crippen LogP contribution in [0.5, 0.6) is 0 Å². The van der Waals surface area contributed by atoms with Gasteiger partial charge < -0.3 is 10.2 Å². The number of hydrogen-bond donors (Lipinski definition) is 1. The first-order valence-electron chi connectivity index (χ1n) is 9.31. The standard InChI is InChI=1S/C19H24FN5O.ClH/c1-12(2)18-22-17(23-25(18)15-5-3-4-13(20)10-15)19(26)24-14-6-7-16(24)11-21-9-8-14;/h3-5,10,12,14,16,21H,6-9,11H2,1-2H3;1H. The Hall–Kier alpha value is -1.99. The van der Waals surface area contributed by atoms with Gasteiger partial charge in [-0.15, -0.1) is 17.5 Å². The zero-order chi connectivity index (χ0) is 18.3. The van der Waals surface area contributed by atoms with Crippen LogP contribution in [0.4, 0.5) is 4.39 Å². The molecule has 1 aromatic carbocycles. The molecule has 2 fully saturated rings. The highest BCUT2D eigenvalue weighted by Gasteiger charge is 2.40. The van der Waals surface area contributed by atoms with Crippen LogP contribution in [0.25, 0.3) is 5.69 Å². The van der Waals surface area contributed by atoms with E-state index in [0.717, 1.165) is 32.4 Å². The van der Waals surface area contributed by atoms with Crippen molar-refractivity contribution in [2.75, 3.05) is 13.1 Å². The molecule has 0 aliphatic carbocycles. The van der Waals surface area contributed by atoms with Crippen LogP contribution in [0, 0.1) is 5.82 Å². The average molecular weight is 394 g/mol. The molecular weight excluding hydrogens is 369 g/mol. The number of benzene rings is 1. The molecule has 0 spiro atoms. The third kappa shape index (κ3) is 3.71. The second-order valence-corrected chi connectivity index (χ2v) is 7.43. The van der Waals surface area contributed by atoms with Crippen molar-refractivity contribution < 1.29 is 9.18 Å². The Labute approximate surface area is 164 Å². The third-order valence-electron chi connectivity index (χ3n) is 5.28. The highest BCUT2D eigenvalue weighted by molar-refractivity contribution is 5.91. The molecule has 6 nitrogen and oxygen atoms in total. The molecule has 2 aliphatic rings. The average Bonchev–Trinajstić information content (AvgIpc) is 3.15. The zero-order valence-electron chi connectivity index (χ0n) is 15.6. The molecule has 2 aromatic rings. The summed E-state index contributed by atoms with van der Waals surface area (Å²) in [5, 5.41) is 7.87. The fourth-order valence-corrected chi connectivity index (χ4v) is 4.02. The van der Waals surface area contributed by atoms with E-state index in [0.29, 0.717) is 11.5 Å². The fraction of sp³-hybridized carbons (Fsp3) is 0.526. The number of amides is 1. The van der Waals surface area contributed by atoms with Crippen molar-refractivity contribution in [1.82, 2.24) is 25.0 Å². The number of aromatic nitrogens is 3. The molecule has 4 rings (SSSR count). The van der Waals surface area contributed by atoms with Gasteiger partial charge in [0.15, 0.2) is 0 Å². The fourth-order valence-electron chi connectivity index (χ4n) is 4.02. The van der Waals surface area contributed by atoms with Crippen LogP contribution in [0.3, 0.4) is 0 Å². The Balaban J connectivity index is 0.00000210. The summed E-state index contributed by atoms with van der Waals surface area (Å²) in [6.45, 7) is 5.75. The summed E-state index contributed by atoms with van der Waals surface area (Å²) in [5.74, 6) is 0.487. The SMILES string of the molecule is CC(C)c1nc(C(=O)N2C3CCNCC2CC3)nn1-c1cccc(F)c1.Cl. The first kappa shape index (κ1) is 19.8. The molecular formula is C19H25ClFN5O. The minimum atomic E-state index is -0.336. The van der Waals surface area contributed by atoms with E-state index in [1.807, 2.05) is 18.7 Å². The van der Waals surface area contributed by atoms with Crippen LogP contribution in [0.2, 0.25) is 0 Å². The lowest BCUT2D eigenvalue weighted by Crippen LogP contribution is -2.43. The largest absolute Gasteiger partial charge is 0.329 e. The number of fused-ring (bicyclic) bond motifs is 2. The van der Waals surface area contributed by atoms with E-state index in [9.17, 15) is 9.18 Å². The molecule has 2 saturated heterocycles. The summed E-state index contributed by atoms with van der Waals surface area (Å²) < 4.78 is 15.3. The van der Waals surface area contributed by atoms with Gasteiger partial charge in [-0.1, -0.05) is 19.9 Å². The van der Waals surface area contributed by atoms with E-state index in [1.165, 1.54) is 12.1 Å². The Kier molecular flexibility index (Phi) is 5.81. The van der Waals surface area contributed by atoms with Crippen molar-refractivity contribution in [3.63, 3.8) is 0 Å². The number of nitrogens with zero attached hydrogens (tertiary/aromatic N) is 4. The molecule has 8 heteroatoms. The quantitative estimate of drug-likeness (QED) is 0.870. The van der Waals surface area contributed by atoms with Gasteiger partial charge in [-0.05, 0) is 44.0 Å². The maximum absolute atomic E-state index is 13.7. The summed E-state index contributed by atoms with van der Waals surface area (Å²) in [7, 11) is 0. The van der Waals surface area contributed by atoms with Gasteiger partial charge >= 0.3 is 0 Å². The van der Waals surface area contributed by atoms with E-state index in [-0.39, 0.29) is 48.0 Å². The minimum Gasteiger partial charge on any atom is -0.329 e. The molecule has 146 valence electrons. The molecule has 1 amide bonds. The first-order valence-corrected chi connectivity index (χ1v) is 9.31. The topological polar surface area (TPSA) is 63.1 Å². The monoisotopic (exact) mass is 393 g/mol. The molecule has 0 radical (unpaired) electrons. The molecule has 2 atom stereocenters. The lowest BCUT2D eigenvalue weighted by molar-refractivity contribution is 0.0667. The third-order valence-corrected chi connectivity index (χ3v) is 5.28. The van der Waals surface area contributed by atoms with Gasteiger partial charge in [0.25, 0.3) is 5.91 Å². The predicted molar refractivity (Wildman–Crippen MR) is 103 cm³/mol. The number of rotatable bonds is 3. The van der Waals surface area contributed by atoms with Gasteiger partial charge in [0, 0.05) is 24.5 Å². The number of carbonyl (C=O) groups excluding carboxylic acids is 1. The summed E-state index contributed by atoms with van der Waals surface area (Å²) in [4.78, 5) is 19.7. The Bertz CT molecular complexity index is 810. The Morgan fingerprint density at radius 3 is 2.78 bits per heavy atom. The minimum absolute atomic E-state index is 0. The second kappa shape index (κ2) is 7.94. The van der Waals surface area contributed by atoms with Crippen LogP contribution in [0.15, 0.2) is 24.3 Å². The van der Waals surface area contributed by atoms with Gasteiger partial charge in [-0.25, -0.2) is 14.1 Å². The number of nitrogens with one attached hydrogen (secondary N) is 1. The lowest BCUT2D eigenvalue weighted by Gasteiger charge is -2.26. The van der Waals surface area contributed by atoms with Crippen molar-refractivity contribution in [3.8, 4) is 5.69 Å².